The highest BCUT2D eigenvalue weighted by atomic mass is 32.2. The number of nitrogens with zero attached hydrogens (tertiary/aromatic N) is 2. The Morgan fingerprint density at radius 1 is 1.29 bits per heavy atom. The zero-order valence-electron chi connectivity index (χ0n) is 15.7. The molecule has 1 saturated heterocycles. The average Bonchev–Trinajstić information content (AvgIpc) is 3.08. The smallest absolute Gasteiger partial charge is 0.299 e. The molecule has 0 spiro atoms. The maximum absolute atomic E-state index is 13.8. The molecule has 2 aliphatic rings. The molecule has 1 atom stereocenters. The van der Waals surface area contributed by atoms with Crippen LogP contribution >= 0.6 is 0 Å². The van der Waals surface area contributed by atoms with E-state index in [-0.39, 0.29) is 17.1 Å². The number of ether oxygens (including phenoxy) is 1. The van der Waals surface area contributed by atoms with Crippen molar-refractivity contribution in [1.82, 2.24) is 4.31 Å². The van der Waals surface area contributed by atoms with Gasteiger partial charge < -0.3 is 9.64 Å². The largest absolute Gasteiger partial charge is 0.383 e. The number of carbonyl (C=O) groups excluding carboxylic acids is 2. The molecule has 0 saturated carbocycles. The van der Waals surface area contributed by atoms with Crippen molar-refractivity contribution in [2.75, 3.05) is 31.7 Å². The molecule has 0 aromatic heterocycles. The van der Waals surface area contributed by atoms with E-state index in [2.05, 4.69) is 0 Å². The molecule has 0 unspecified atom stereocenters. The van der Waals surface area contributed by atoms with Gasteiger partial charge in [0, 0.05) is 20.1 Å². The number of carbonyl (C=O) groups is 2. The number of amides is 1. The van der Waals surface area contributed by atoms with Crippen molar-refractivity contribution >= 4 is 27.4 Å². The third-order valence-electron chi connectivity index (χ3n) is 4.97. The topological polar surface area (TPSA) is 84.0 Å². The van der Waals surface area contributed by atoms with E-state index in [4.69, 9.17) is 4.74 Å². The molecule has 1 fully saturated rings. The lowest BCUT2D eigenvalue weighted by atomic mass is 10.1. The third kappa shape index (κ3) is 3.56. The maximum Gasteiger partial charge on any atom is 0.299 e. The van der Waals surface area contributed by atoms with Crippen molar-refractivity contribution in [2.24, 2.45) is 0 Å². The molecule has 3 rings (SSSR count). The number of rotatable bonds is 7. The minimum absolute atomic E-state index is 0.0172. The van der Waals surface area contributed by atoms with Gasteiger partial charge in [-0.25, -0.2) is 17.2 Å². The first-order valence-electron chi connectivity index (χ1n) is 9.01. The second kappa shape index (κ2) is 7.49. The summed E-state index contributed by atoms with van der Waals surface area (Å²) in [6.45, 7) is 1.19. The Morgan fingerprint density at radius 2 is 2.00 bits per heavy atom. The molecule has 7 nitrogen and oxygen atoms in total. The summed E-state index contributed by atoms with van der Waals surface area (Å²) in [6.07, 6.45) is 0.886. The summed E-state index contributed by atoms with van der Waals surface area (Å²) in [7, 11) is -2.98. The van der Waals surface area contributed by atoms with Crippen molar-refractivity contribution in [2.45, 2.75) is 43.0 Å². The number of unbranched alkanes of at least 4 members (excludes halogenated alkanes) is 1. The highest BCUT2D eigenvalue weighted by molar-refractivity contribution is 7.89. The van der Waals surface area contributed by atoms with Gasteiger partial charge in [0.05, 0.1) is 35.3 Å². The lowest BCUT2D eigenvalue weighted by Crippen LogP contribution is -2.38. The fraction of sp³-hybridized carbons (Fsp3) is 0.556. The fourth-order valence-electron chi connectivity index (χ4n) is 3.60. The number of ketones is 1. The van der Waals surface area contributed by atoms with Gasteiger partial charge in [-0.3, -0.25) is 9.59 Å². The van der Waals surface area contributed by atoms with Crippen LogP contribution in [0.4, 0.5) is 14.5 Å². The fourth-order valence-corrected chi connectivity index (χ4v) is 5.26. The van der Waals surface area contributed by atoms with E-state index >= 15 is 0 Å². The van der Waals surface area contributed by atoms with Gasteiger partial charge in [0.15, 0.2) is 0 Å². The van der Waals surface area contributed by atoms with E-state index in [0.717, 1.165) is 12.5 Å². The minimum atomic E-state index is -4.29. The van der Waals surface area contributed by atoms with Crippen LogP contribution in [0.15, 0.2) is 23.1 Å². The number of benzene rings is 1. The molecule has 1 amide bonds. The van der Waals surface area contributed by atoms with Crippen LogP contribution in [0, 0.1) is 0 Å². The summed E-state index contributed by atoms with van der Waals surface area (Å²) in [4.78, 5) is 25.5. The van der Waals surface area contributed by atoms with Crippen molar-refractivity contribution in [3.8, 4) is 0 Å². The molecule has 2 heterocycles. The molecule has 2 aliphatic heterocycles. The molecule has 0 aliphatic carbocycles. The van der Waals surface area contributed by atoms with Crippen LogP contribution in [0.2, 0.25) is 0 Å². The minimum Gasteiger partial charge on any atom is -0.383 e. The Balaban J connectivity index is 1.97. The second-order valence-corrected chi connectivity index (χ2v) is 8.93. The van der Waals surface area contributed by atoms with Gasteiger partial charge in [-0.2, -0.15) is 4.31 Å². The Labute approximate surface area is 162 Å². The Hall–Kier alpha value is -1.91. The molecule has 0 radical (unpaired) electrons. The first kappa shape index (κ1) is 20.8. The average molecular weight is 416 g/mol. The quantitative estimate of drug-likeness (QED) is 0.636. The van der Waals surface area contributed by atoms with E-state index in [1.165, 1.54) is 24.1 Å². The predicted octanol–water partition coefficient (Wildman–Crippen LogP) is 2.06. The van der Waals surface area contributed by atoms with Gasteiger partial charge >= 0.3 is 0 Å². The van der Waals surface area contributed by atoms with Crippen LogP contribution in [-0.4, -0.2) is 63.2 Å². The normalized spacial score (nSPS) is 22.1. The molecule has 0 N–H and O–H groups in total. The van der Waals surface area contributed by atoms with Gasteiger partial charge in [-0.1, -0.05) is 13.3 Å². The number of methoxy groups -OCH3 is 1. The van der Waals surface area contributed by atoms with Gasteiger partial charge in [-0.15, -0.1) is 0 Å². The SMILES string of the molecule is CCCCN1C(=O)C(=O)c2cc(S(=O)(=O)N3CC(F)(F)C[C@H]3COC)ccc21. The number of sulfonamides is 1. The van der Waals surface area contributed by atoms with Crippen LogP contribution < -0.4 is 4.90 Å². The molecular weight excluding hydrogens is 394 g/mol. The Kier molecular flexibility index (Phi) is 5.57. The maximum atomic E-state index is 13.8. The number of Topliss-reactive ketones (excluding diaryl/α,β-unsaturated/α-hetero) is 1. The summed E-state index contributed by atoms with van der Waals surface area (Å²) in [5.41, 5.74) is 0.332. The van der Waals surface area contributed by atoms with Crippen LogP contribution in [0.1, 0.15) is 36.5 Å². The lowest BCUT2D eigenvalue weighted by Gasteiger charge is -2.23. The molecule has 1 aromatic rings. The monoisotopic (exact) mass is 416 g/mol. The van der Waals surface area contributed by atoms with Crippen molar-refractivity contribution in [1.29, 1.82) is 0 Å². The zero-order valence-corrected chi connectivity index (χ0v) is 16.5. The van der Waals surface area contributed by atoms with Crippen LogP contribution in [0.25, 0.3) is 0 Å². The predicted molar refractivity (Wildman–Crippen MR) is 97.2 cm³/mol. The van der Waals surface area contributed by atoms with Crippen molar-refractivity contribution in [3.05, 3.63) is 23.8 Å². The summed E-state index contributed by atoms with van der Waals surface area (Å²) in [5.74, 6) is -4.65. The Bertz CT molecular complexity index is 903. The van der Waals surface area contributed by atoms with Crippen LogP contribution in [0.3, 0.4) is 0 Å². The molecule has 154 valence electrons. The van der Waals surface area contributed by atoms with E-state index in [9.17, 15) is 26.8 Å². The lowest BCUT2D eigenvalue weighted by molar-refractivity contribution is -0.114. The zero-order chi connectivity index (χ0) is 20.7. The highest BCUT2D eigenvalue weighted by Crippen LogP contribution is 2.38. The molecule has 10 heteroatoms. The standard InChI is InChI=1S/C18H22F2N2O5S/c1-3-4-7-21-15-6-5-13(8-14(15)16(23)17(21)24)28(25,26)22-11-18(19,20)9-12(22)10-27-2/h5-6,8,12H,3-4,7,9-11H2,1-2H3/t12-/m0/s1. The number of halogens is 2. The molecular formula is C18H22F2N2O5S. The van der Waals surface area contributed by atoms with Crippen molar-refractivity contribution < 1.29 is 31.5 Å². The molecule has 1 aromatic carbocycles. The van der Waals surface area contributed by atoms with Gasteiger partial charge in [0.2, 0.25) is 10.0 Å². The number of hydrogen-bond acceptors (Lipinski definition) is 5. The third-order valence-corrected chi connectivity index (χ3v) is 6.87. The summed E-state index contributed by atoms with van der Waals surface area (Å²) < 4.78 is 59.3. The Morgan fingerprint density at radius 3 is 2.64 bits per heavy atom. The highest BCUT2D eigenvalue weighted by Gasteiger charge is 2.50. The first-order valence-corrected chi connectivity index (χ1v) is 10.4. The van der Waals surface area contributed by atoms with Gasteiger partial charge in [0.1, 0.15) is 0 Å². The van der Waals surface area contributed by atoms with Crippen molar-refractivity contribution in [3.63, 3.8) is 0 Å². The van der Waals surface area contributed by atoms with E-state index in [1.54, 1.807) is 0 Å². The first-order chi connectivity index (χ1) is 13.1. The van der Waals surface area contributed by atoms with Crippen LogP contribution in [-0.2, 0) is 19.6 Å². The summed E-state index contributed by atoms with van der Waals surface area (Å²) >= 11 is 0. The van der Waals surface area contributed by atoms with E-state index < -0.39 is 46.6 Å². The van der Waals surface area contributed by atoms with Crippen LogP contribution in [0.5, 0.6) is 0 Å². The summed E-state index contributed by atoms with van der Waals surface area (Å²) in [5, 5.41) is 0. The second-order valence-electron chi connectivity index (χ2n) is 7.04. The number of anilines is 1. The number of hydrogen-bond donors (Lipinski definition) is 0. The molecule has 0 bridgehead atoms. The summed E-state index contributed by atoms with van der Waals surface area (Å²) in [6, 6.07) is 2.74. The number of alkyl halides is 2. The number of fused-ring (bicyclic) bond motifs is 1. The van der Waals surface area contributed by atoms with E-state index in [0.29, 0.717) is 23.0 Å². The van der Waals surface area contributed by atoms with E-state index in [1.807, 2.05) is 6.92 Å². The van der Waals surface area contributed by atoms with Gasteiger partial charge in [-0.05, 0) is 24.6 Å². The van der Waals surface area contributed by atoms with Gasteiger partial charge in [0.25, 0.3) is 17.6 Å². The molecule has 28 heavy (non-hydrogen) atoms.